The molecule has 0 bridgehead atoms. The molecule has 1 aliphatic rings. The highest BCUT2D eigenvalue weighted by molar-refractivity contribution is 5.94. The lowest BCUT2D eigenvalue weighted by Gasteiger charge is -2.33. The van der Waals surface area contributed by atoms with Gasteiger partial charge in [0.25, 0.3) is 5.91 Å². The number of furan rings is 1. The van der Waals surface area contributed by atoms with Crippen LogP contribution in [-0.2, 0) is 6.42 Å². The van der Waals surface area contributed by atoms with Gasteiger partial charge in [-0.25, -0.2) is 0 Å². The Morgan fingerprint density at radius 3 is 2.72 bits per heavy atom. The van der Waals surface area contributed by atoms with E-state index in [4.69, 9.17) is 4.42 Å². The number of nitrogens with one attached hydrogen (secondary N) is 1. The van der Waals surface area contributed by atoms with Crippen LogP contribution < -0.4 is 5.32 Å². The molecule has 1 aliphatic heterocycles. The fourth-order valence-corrected chi connectivity index (χ4v) is 3.21. The zero-order chi connectivity index (χ0) is 17.5. The topological polar surface area (TPSA) is 78.6 Å². The molecular weight excluding hydrogens is 318 g/mol. The van der Waals surface area contributed by atoms with Gasteiger partial charge in [-0.3, -0.25) is 9.78 Å². The van der Waals surface area contributed by atoms with Gasteiger partial charge in [0.05, 0.1) is 6.26 Å². The first kappa shape index (κ1) is 17.6. The van der Waals surface area contributed by atoms with Crippen LogP contribution >= 0.6 is 0 Å². The van der Waals surface area contributed by atoms with Crippen LogP contribution in [0.2, 0.25) is 0 Å². The molecule has 2 aromatic heterocycles. The molecule has 0 aromatic carbocycles. The third kappa shape index (κ3) is 4.90. The maximum absolute atomic E-state index is 12.4. The third-order valence-corrected chi connectivity index (χ3v) is 4.73. The predicted octanol–water partition coefficient (Wildman–Crippen LogP) is 1.72. The molecular formula is C19H25N3O3. The van der Waals surface area contributed by atoms with E-state index in [1.54, 1.807) is 30.8 Å². The monoisotopic (exact) mass is 343 g/mol. The Morgan fingerprint density at radius 1 is 1.32 bits per heavy atom. The minimum Gasteiger partial charge on any atom is -0.469 e. The second kappa shape index (κ2) is 8.78. The molecule has 1 unspecified atom stereocenters. The highest BCUT2D eigenvalue weighted by atomic mass is 16.3. The van der Waals surface area contributed by atoms with Gasteiger partial charge in [0, 0.05) is 62.6 Å². The average molecular weight is 343 g/mol. The largest absolute Gasteiger partial charge is 0.469 e. The zero-order valence-corrected chi connectivity index (χ0v) is 14.3. The quantitative estimate of drug-likeness (QED) is 0.800. The Morgan fingerprint density at radius 2 is 2.08 bits per heavy atom. The first-order valence-corrected chi connectivity index (χ1v) is 8.82. The summed E-state index contributed by atoms with van der Waals surface area (Å²) in [5.74, 6) is 1.12. The molecule has 1 fully saturated rings. The van der Waals surface area contributed by atoms with Crippen LogP contribution in [0.4, 0.5) is 0 Å². The number of carbonyl (C=O) groups excluding carboxylic acids is 1. The van der Waals surface area contributed by atoms with Crippen molar-refractivity contribution in [2.24, 2.45) is 5.92 Å². The van der Waals surface area contributed by atoms with Crippen molar-refractivity contribution in [1.82, 2.24) is 15.2 Å². The lowest BCUT2D eigenvalue weighted by molar-refractivity contribution is 0.0702. The van der Waals surface area contributed by atoms with Crippen molar-refractivity contribution in [3.05, 3.63) is 54.2 Å². The van der Waals surface area contributed by atoms with Crippen molar-refractivity contribution in [2.45, 2.75) is 25.3 Å². The smallest absolute Gasteiger partial charge is 0.253 e. The molecule has 6 heteroatoms. The maximum Gasteiger partial charge on any atom is 0.253 e. The number of carbonyl (C=O) groups is 1. The number of piperidine rings is 1. The number of amides is 1. The number of pyridine rings is 1. The zero-order valence-electron chi connectivity index (χ0n) is 14.3. The number of hydrogen-bond acceptors (Lipinski definition) is 5. The van der Waals surface area contributed by atoms with E-state index in [0.29, 0.717) is 11.6 Å². The van der Waals surface area contributed by atoms with Gasteiger partial charge in [0.2, 0.25) is 0 Å². The maximum atomic E-state index is 12.4. The first-order chi connectivity index (χ1) is 12.3. The van der Waals surface area contributed by atoms with Crippen molar-refractivity contribution >= 4 is 5.91 Å². The molecule has 134 valence electrons. The average Bonchev–Trinajstić information content (AvgIpc) is 3.19. The van der Waals surface area contributed by atoms with Gasteiger partial charge in [-0.05, 0) is 37.1 Å². The summed E-state index contributed by atoms with van der Waals surface area (Å²) in [5, 5.41) is 13.1. The Labute approximate surface area is 147 Å². The molecule has 1 atom stereocenters. The van der Waals surface area contributed by atoms with Gasteiger partial charge in [-0.1, -0.05) is 0 Å². The van der Waals surface area contributed by atoms with Crippen molar-refractivity contribution in [2.75, 3.05) is 26.2 Å². The van der Waals surface area contributed by atoms with E-state index < -0.39 is 0 Å². The van der Waals surface area contributed by atoms with Crippen LogP contribution in [0.25, 0.3) is 0 Å². The summed E-state index contributed by atoms with van der Waals surface area (Å²) < 4.78 is 5.35. The molecule has 3 heterocycles. The Balaban J connectivity index is 1.42. The summed E-state index contributed by atoms with van der Waals surface area (Å²) in [5.41, 5.74) is 0.695. The molecule has 2 aromatic rings. The van der Waals surface area contributed by atoms with Crippen LogP contribution in [0, 0.1) is 5.92 Å². The number of hydrogen-bond donors (Lipinski definition) is 2. The van der Waals surface area contributed by atoms with E-state index in [9.17, 15) is 9.90 Å². The summed E-state index contributed by atoms with van der Waals surface area (Å²) in [4.78, 5) is 18.3. The van der Waals surface area contributed by atoms with E-state index in [-0.39, 0.29) is 18.4 Å². The van der Waals surface area contributed by atoms with E-state index in [1.807, 2.05) is 17.0 Å². The van der Waals surface area contributed by atoms with Crippen molar-refractivity contribution in [1.29, 1.82) is 0 Å². The summed E-state index contributed by atoms with van der Waals surface area (Å²) in [6.07, 6.45) is 7.54. The van der Waals surface area contributed by atoms with Crippen molar-refractivity contribution < 1.29 is 14.3 Å². The molecule has 3 rings (SSSR count). The van der Waals surface area contributed by atoms with Gasteiger partial charge < -0.3 is 19.7 Å². The summed E-state index contributed by atoms with van der Waals surface area (Å²) in [7, 11) is 0. The molecule has 0 radical (unpaired) electrons. The molecule has 6 nitrogen and oxygen atoms in total. The molecule has 0 spiro atoms. The number of aliphatic hydroxyl groups excluding tert-OH is 1. The standard InChI is InChI=1S/C19H25N3O3/c23-14-15(12-18-2-1-11-25-18)13-21-17-5-9-22(10-6-17)19(24)16-3-7-20-8-4-16/h1-4,7-8,11,15,17,21,23H,5-6,9-10,12-14H2. The lowest BCUT2D eigenvalue weighted by Crippen LogP contribution is -2.46. The number of likely N-dealkylation sites (tertiary alicyclic amines) is 1. The minimum absolute atomic E-state index is 0.0758. The Bertz CT molecular complexity index is 637. The molecule has 1 saturated heterocycles. The normalized spacial score (nSPS) is 16.8. The predicted molar refractivity (Wildman–Crippen MR) is 94.2 cm³/mol. The second-order valence-electron chi connectivity index (χ2n) is 6.54. The van der Waals surface area contributed by atoms with E-state index >= 15 is 0 Å². The van der Waals surface area contributed by atoms with Gasteiger partial charge in [-0.15, -0.1) is 0 Å². The van der Waals surface area contributed by atoms with E-state index in [1.165, 1.54) is 0 Å². The minimum atomic E-state index is 0.0758. The highest BCUT2D eigenvalue weighted by Gasteiger charge is 2.24. The van der Waals surface area contributed by atoms with Crippen LogP contribution in [0.5, 0.6) is 0 Å². The number of aromatic nitrogens is 1. The lowest BCUT2D eigenvalue weighted by atomic mass is 10.0. The van der Waals surface area contributed by atoms with E-state index in [0.717, 1.165) is 44.7 Å². The number of nitrogens with zero attached hydrogens (tertiary/aromatic N) is 2. The Hall–Kier alpha value is -2.18. The molecule has 2 N–H and O–H groups in total. The van der Waals surface area contributed by atoms with E-state index in [2.05, 4.69) is 10.3 Å². The second-order valence-corrected chi connectivity index (χ2v) is 6.54. The number of aliphatic hydroxyl groups is 1. The van der Waals surface area contributed by atoms with Gasteiger partial charge in [-0.2, -0.15) is 0 Å². The van der Waals surface area contributed by atoms with Crippen LogP contribution in [-0.4, -0.2) is 53.2 Å². The third-order valence-electron chi connectivity index (χ3n) is 4.73. The van der Waals surface area contributed by atoms with Gasteiger partial charge >= 0.3 is 0 Å². The van der Waals surface area contributed by atoms with Gasteiger partial charge in [0.15, 0.2) is 0 Å². The molecule has 1 amide bonds. The van der Waals surface area contributed by atoms with Crippen molar-refractivity contribution in [3.63, 3.8) is 0 Å². The molecule has 25 heavy (non-hydrogen) atoms. The van der Waals surface area contributed by atoms with Crippen LogP contribution in [0.3, 0.4) is 0 Å². The summed E-state index contributed by atoms with van der Waals surface area (Å²) in [6, 6.07) is 7.70. The first-order valence-electron chi connectivity index (χ1n) is 8.82. The van der Waals surface area contributed by atoms with Crippen LogP contribution in [0.1, 0.15) is 29.0 Å². The molecule has 0 saturated carbocycles. The fraction of sp³-hybridized carbons (Fsp3) is 0.474. The summed E-state index contributed by atoms with van der Waals surface area (Å²) >= 11 is 0. The Kier molecular flexibility index (Phi) is 6.19. The SMILES string of the molecule is O=C(c1ccncc1)N1CCC(NCC(CO)Cc2ccco2)CC1. The number of rotatable bonds is 7. The van der Waals surface area contributed by atoms with Gasteiger partial charge in [0.1, 0.15) is 5.76 Å². The fourth-order valence-electron chi connectivity index (χ4n) is 3.21. The van der Waals surface area contributed by atoms with Crippen molar-refractivity contribution in [3.8, 4) is 0 Å². The van der Waals surface area contributed by atoms with Crippen LogP contribution in [0.15, 0.2) is 47.3 Å². The highest BCUT2D eigenvalue weighted by Crippen LogP contribution is 2.15. The summed E-state index contributed by atoms with van der Waals surface area (Å²) in [6.45, 7) is 2.38. The molecule has 0 aliphatic carbocycles.